The predicted molar refractivity (Wildman–Crippen MR) is 89.7 cm³/mol. The summed E-state index contributed by atoms with van der Waals surface area (Å²) in [4.78, 5) is 11.7. The van der Waals surface area contributed by atoms with E-state index >= 15 is 0 Å². The van der Waals surface area contributed by atoms with Crippen LogP contribution in [0.5, 0.6) is 0 Å². The van der Waals surface area contributed by atoms with Gasteiger partial charge in [-0.05, 0) is 51.2 Å². The molecule has 0 radical (unpaired) electrons. The largest absolute Gasteiger partial charge is 0.460 e. The van der Waals surface area contributed by atoms with E-state index in [0.717, 1.165) is 23.8 Å². The molecule has 0 aliphatic rings. The molecular weight excluding hydrogens is 316 g/mol. The SMILES string of the molecule is CC(C)(C)OC(=O)CCc1ccc(CCCOS(C)(=O)=O)cc1. The lowest BCUT2D eigenvalue weighted by atomic mass is 10.0. The van der Waals surface area contributed by atoms with Gasteiger partial charge in [-0.2, -0.15) is 8.42 Å². The summed E-state index contributed by atoms with van der Waals surface area (Å²) in [5.74, 6) is -0.195. The molecular formula is C17H26O5S. The van der Waals surface area contributed by atoms with E-state index in [2.05, 4.69) is 0 Å². The molecule has 1 aromatic rings. The molecule has 0 aliphatic heterocycles. The molecule has 6 heteroatoms. The minimum absolute atomic E-state index is 0.194. The minimum atomic E-state index is -3.36. The average molecular weight is 342 g/mol. The molecule has 0 spiro atoms. The van der Waals surface area contributed by atoms with Gasteiger partial charge in [-0.3, -0.25) is 8.98 Å². The van der Waals surface area contributed by atoms with Crippen LogP contribution in [0, 0.1) is 0 Å². The summed E-state index contributed by atoms with van der Waals surface area (Å²) < 4.78 is 31.7. The maximum atomic E-state index is 11.7. The van der Waals surface area contributed by atoms with Gasteiger partial charge in [0, 0.05) is 6.42 Å². The topological polar surface area (TPSA) is 69.7 Å². The molecule has 1 rings (SSSR count). The van der Waals surface area contributed by atoms with Crippen molar-refractivity contribution in [3.05, 3.63) is 35.4 Å². The molecule has 0 N–H and O–H groups in total. The highest BCUT2D eigenvalue weighted by Crippen LogP contribution is 2.12. The molecule has 0 saturated carbocycles. The van der Waals surface area contributed by atoms with Gasteiger partial charge in [-0.1, -0.05) is 24.3 Å². The van der Waals surface area contributed by atoms with Gasteiger partial charge in [0.15, 0.2) is 0 Å². The van der Waals surface area contributed by atoms with Gasteiger partial charge < -0.3 is 4.74 Å². The molecule has 0 heterocycles. The van der Waals surface area contributed by atoms with E-state index in [9.17, 15) is 13.2 Å². The molecule has 0 amide bonds. The monoisotopic (exact) mass is 342 g/mol. The zero-order chi connectivity index (χ0) is 17.5. The Hall–Kier alpha value is -1.40. The van der Waals surface area contributed by atoms with Crippen molar-refractivity contribution in [2.45, 2.75) is 52.1 Å². The number of aryl methyl sites for hydroxylation is 2. The second-order valence-corrected chi connectivity index (χ2v) is 8.18. The van der Waals surface area contributed by atoms with Crippen molar-refractivity contribution in [3.63, 3.8) is 0 Å². The number of carbonyl (C=O) groups is 1. The van der Waals surface area contributed by atoms with Gasteiger partial charge in [0.05, 0.1) is 12.9 Å². The van der Waals surface area contributed by atoms with Crippen molar-refractivity contribution < 1.29 is 22.1 Å². The number of carbonyl (C=O) groups excluding carboxylic acids is 1. The maximum Gasteiger partial charge on any atom is 0.306 e. The number of benzene rings is 1. The smallest absolute Gasteiger partial charge is 0.306 e. The lowest BCUT2D eigenvalue weighted by molar-refractivity contribution is -0.154. The van der Waals surface area contributed by atoms with Crippen LogP contribution >= 0.6 is 0 Å². The lowest BCUT2D eigenvalue weighted by Gasteiger charge is -2.19. The van der Waals surface area contributed by atoms with Crippen molar-refractivity contribution in [3.8, 4) is 0 Å². The van der Waals surface area contributed by atoms with E-state index < -0.39 is 15.7 Å². The Labute approximate surface area is 139 Å². The molecule has 0 aliphatic carbocycles. The lowest BCUT2D eigenvalue weighted by Crippen LogP contribution is -2.23. The van der Waals surface area contributed by atoms with Crippen LogP contribution in [0.2, 0.25) is 0 Å². The van der Waals surface area contributed by atoms with Crippen LogP contribution in [0.25, 0.3) is 0 Å². The van der Waals surface area contributed by atoms with Crippen molar-refractivity contribution in [1.29, 1.82) is 0 Å². The molecule has 1 aromatic carbocycles. The normalized spacial score (nSPS) is 12.2. The molecule has 0 unspecified atom stereocenters. The summed E-state index contributed by atoms with van der Waals surface area (Å²) in [6.07, 6.45) is 3.45. The van der Waals surface area contributed by atoms with Gasteiger partial charge in [0.2, 0.25) is 0 Å². The number of ether oxygens (including phenoxy) is 1. The maximum absolute atomic E-state index is 11.7. The Bertz CT molecular complexity index is 597. The van der Waals surface area contributed by atoms with Crippen molar-refractivity contribution in [2.24, 2.45) is 0 Å². The van der Waals surface area contributed by atoms with Gasteiger partial charge in [-0.15, -0.1) is 0 Å². The van der Waals surface area contributed by atoms with E-state index in [1.165, 1.54) is 0 Å². The van der Waals surface area contributed by atoms with E-state index in [-0.39, 0.29) is 12.6 Å². The first-order valence-corrected chi connectivity index (χ1v) is 9.51. The second-order valence-electron chi connectivity index (χ2n) is 6.53. The summed E-state index contributed by atoms with van der Waals surface area (Å²) in [6, 6.07) is 7.95. The fourth-order valence-electron chi connectivity index (χ4n) is 2.00. The highest BCUT2D eigenvalue weighted by Gasteiger charge is 2.15. The highest BCUT2D eigenvalue weighted by atomic mass is 32.2. The average Bonchev–Trinajstić information content (AvgIpc) is 2.40. The van der Waals surface area contributed by atoms with E-state index in [1.54, 1.807) is 0 Å². The van der Waals surface area contributed by atoms with E-state index in [0.29, 0.717) is 19.3 Å². The fourth-order valence-corrected chi connectivity index (χ4v) is 2.42. The molecule has 0 fully saturated rings. The number of rotatable bonds is 8. The Morgan fingerprint density at radius 1 is 1.04 bits per heavy atom. The third kappa shape index (κ3) is 10.1. The summed E-state index contributed by atoms with van der Waals surface area (Å²) in [7, 11) is -3.36. The number of hydrogen-bond donors (Lipinski definition) is 0. The van der Waals surface area contributed by atoms with Crippen LogP contribution in [0.3, 0.4) is 0 Å². The first-order valence-electron chi connectivity index (χ1n) is 7.69. The van der Waals surface area contributed by atoms with Gasteiger partial charge in [0.25, 0.3) is 10.1 Å². The summed E-state index contributed by atoms with van der Waals surface area (Å²) in [5, 5.41) is 0. The molecule has 0 bridgehead atoms. The van der Waals surface area contributed by atoms with Gasteiger partial charge >= 0.3 is 5.97 Å². The molecule has 130 valence electrons. The van der Waals surface area contributed by atoms with Gasteiger partial charge in [0.1, 0.15) is 5.60 Å². The Balaban J connectivity index is 2.34. The molecule has 0 atom stereocenters. The van der Waals surface area contributed by atoms with Crippen LogP contribution < -0.4 is 0 Å². The van der Waals surface area contributed by atoms with Gasteiger partial charge in [-0.25, -0.2) is 0 Å². The number of hydrogen-bond acceptors (Lipinski definition) is 5. The van der Waals surface area contributed by atoms with Crippen LogP contribution in [0.1, 0.15) is 44.7 Å². The van der Waals surface area contributed by atoms with Crippen LogP contribution in [-0.4, -0.2) is 32.9 Å². The third-order valence-corrected chi connectivity index (χ3v) is 3.56. The Kier molecular flexibility index (Phi) is 7.22. The zero-order valence-electron chi connectivity index (χ0n) is 14.3. The van der Waals surface area contributed by atoms with Crippen LogP contribution in [0.4, 0.5) is 0 Å². The zero-order valence-corrected chi connectivity index (χ0v) is 15.1. The highest BCUT2D eigenvalue weighted by molar-refractivity contribution is 7.85. The second kappa shape index (κ2) is 8.45. The summed E-state index contributed by atoms with van der Waals surface area (Å²) in [5.41, 5.74) is 1.74. The van der Waals surface area contributed by atoms with Crippen LogP contribution in [-0.2, 0) is 36.7 Å². The van der Waals surface area contributed by atoms with Crippen molar-refractivity contribution in [1.82, 2.24) is 0 Å². The Morgan fingerprint density at radius 2 is 1.57 bits per heavy atom. The summed E-state index contributed by atoms with van der Waals surface area (Å²) in [6.45, 7) is 5.76. The summed E-state index contributed by atoms with van der Waals surface area (Å²) >= 11 is 0. The van der Waals surface area contributed by atoms with Crippen molar-refractivity contribution >= 4 is 16.1 Å². The third-order valence-electron chi connectivity index (χ3n) is 2.97. The standard InChI is InChI=1S/C17H26O5S/c1-17(2,3)22-16(18)12-11-15-9-7-14(8-10-15)6-5-13-21-23(4,19)20/h7-10H,5-6,11-13H2,1-4H3. The first kappa shape index (κ1) is 19.6. The van der Waals surface area contributed by atoms with E-state index in [1.807, 2.05) is 45.0 Å². The molecule has 0 aromatic heterocycles. The predicted octanol–water partition coefficient (Wildman–Crippen LogP) is 2.87. The van der Waals surface area contributed by atoms with Crippen LogP contribution in [0.15, 0.2) is 24.3 Å². The fraction of sp³-hybridized carbons (Fsp3) is 0.588. The van der Waals surface area contributed by atoms with E-state index in [4.69, 9.17) is 8.92 Å². The Morgan fingerprint density at radius 3 is 2.04 bits per heavy atom. The van der Waals surface area contributed by atoms with Crippen molar-refractivity contribution in [2.75, 3.05) is 12.9 Å². The minimum Gasteiger partial charge on any atom is -0.460 e. The first-order chi connectivity index (χ1) is 10.6. The number of esters is 1. The molecule has 23 heavy (non-hydrogen) atoms. The quantitative estimate of drug-likeness (QED) is 0.413. The molecule has 5 nitrogen and oxygen atoms in total. The molecule has 0 saturated heterocycles.